The van der Waals surface area contributed by atoms with Crippen LogP contribution in [0.1, 0.15) is 32.3 Å². The van der Waals surface area contributed by atoms with Gasteiger partial charge in [-0.2, -0.15) is 0 Å². The zero-order valence-electron chi connectivity index (χ0n) is 9.29. The second-order valence-electron chi connectivity index (χ2n) is 3.70. The van der Waals surface area contributed by atoms with E-state index in [1.165, 1.54) is 18.4 Å². The summed E-state index contributed by atoms with van der Waals surface area (Å²) in [5.74, 6) is 0. The smallest absolute Gasteiger partial charge is 0.00619 e. The van der Waals surface area contributed by atoms with Gasteiger partial charge in [-0.3, -0.25) is 0 Å². The van der Waals surface area contributed by atoms with Gasteiger partial charge in [0.15, 0.2) is 0 Å². The standard InChI is InChI=1S/C13H21N/c1-3-13(4-2)14-11-10-12-8-6-5-7-9-12/h5-9,13-14H,3-4,10-11H2,1-2H3. The maximum atomic E-state index is 3.57. The van der Waals surface area contributed by atoms with Crippen molar-refractivity contribution in [1.29, 1.82) is 0 Å². The van der Waals surface area contributed by atoms with Crippen LogP contribution in [0.3, 0.4) is 0 Å². The predicted octanol–water partition coefficient (Wildman–Crippen LogP) is 3.01. The summed E-state index contributed by atoms with van der Waals surface area (Å²) in [4.78, 5) is 0. The molecule has 0 aliphatic rings. The Morgan fingerprint density at radius 2 is 1.71 bits per heavy atom. The molecule has 0 amide bonds. The Morgan fingerprint density at radius 1 is 1.07 bits per heavy atom. The molecule has 0 fully saturated rings. The summed E-state index contributed by atoms with van der Waals surface area (Å²) in [5, 5.41) is 3.57. The molecule has 1 rings (SSSR count). The number of benzene rings is 1. The zero-order chi connectivity index (χ0) is 10.2. The minimum Gasteiger partial charge on any atom is -0.314 e. The van der Waals surface area contributed by atoms with E-state index in [2.05, 4.69) is 49.5 Å². The van der Waals surface area contributed by atoms with Gasteiger partial charge in [-0.05, 0) is 31.4 Å². The summed E-state index contributed by atoms with van der Waals surface area (Å²) < 4.78 is 0. The van der Waals surface area contributed by atoms with Crippen molar-refractivity contribution in [2.45, 2.75) is 39.2 Å². The Kier molecular flexibility index (Phi) is 5.31. The van der Waals surface area contributed by atoms with Crippen LogP contribution in [0, 0.1) is 0 Å². The van der Waals surface area contributed by atoms with Crippen LogP contribution in [0.2, 0.25) is 0 Å². The highest BCUT2D eigenvalue weighted by Crippen LogP contribution is 2.00. The van der Waals surface area contributed by atoms with Crippen molar-refractivity contribution in [3.8, 4) is 0 Å². The van der Waals surface area contributed by atoms with Gasteiger partial charge in [0.1, 0.15) is 0 Å². The number of nitrogens with one attached hydrogen (secondary N) is 1. The summed E-state index contributed by atoms with van der Waals surface area (Å²) in [7, 11) is 0. The van der Waals surface area contributed by atoms with Gasteiger partial charge in [-0.15, -0.1) is 0 Å². The fourth-order valence-electron chi connectivity index (χ4n) is 1.64. The van der Waals surface area contributed by atoms with Crippen molar-refractivity contribution in [3.05, 3.63) is 35.9 Å². The first kappa shape index (κ1) is 11.3. The Hall–Kier alpha value is -0.820. The highest BCUT2D eigenvalue weighted by molar-refractivity contribution is 5.14. The van der Waals surface area contributed by atoms with E-state index in [0.717, 1.165) is 13.0 Å². The molecule has 0 aromatic heterocycles. The number of rotatable bonds is 6. The van der Waals surface area contributed by atoms with Crippen molar-refractivity contribution < 1.29 is 0 Å². The van der Waals surface area contributed by atoms with Crippen LogP contribution < -0.4 is 5.32 Å². The van der Waals surface area contributed by atoms with Crippen LogP contribution in [0.4, 0.5) is 0 Å². The highest BCUT2D eigenvalue weighted by Gasteiger charge is 2.00. The third-order valence-corrected chi connectivity index (χ3v) is 2.68. The Balaban J connectivity index is 2.21. The van der Waals surface area contributed by atoms with Crippen LogP contribution in [-0.4, -0.2) is 12.6 Å². The fraction of sp³-hybridized carbons (Fsp3) is 0.538. The molecule has 0 saturated carbocycles. The van der Waals surface area contributed by atoms with E-state index in [1.807, 2.05) is 0 Å². The molecular weight excluding hydrogens is 170 g/mol. The Bertz CT molecular complexity index is 226. The van der Waals surface area contributed by atoms with E-state index < -0.39 is 0 Å². The molecule has 1 N–H and O–H groups in total. The van der Waals surface area contributed by atoms with Gasteiger partial charge in [0, 0.05) is 6.04 Å². The maximum absolute atomic E-state index is 3.57. The normalized spacial score (nSPS) is 10.8. The van der Waals surface area contributed by atoms with E-state index in [1.54, 1.807) is 0 Å². The van der Waals surface area contributed by atoms with Crippen LogP contribution in [0.25, 0.3) is 0 Å². The molecular formula is C13H21N. The van der Waals surface area contributed by atoms with Crippen LogP contribution in [0.5, 0.6) is 0 Å². The van der Waals surface area contributed by atoms with Gasteiger partial charge in [-0.25, -0.2) is 0 Å². The first-order valence-electron chi connectivity index (χ1n) is 5.64. The lowest BCUT2D eigenvalue weighted by molar-refractivity contribution is 0.488. The number of hydrogen-bond donors (Lipinski definition) is 1. The van der Waals surface area contributed by atoms with E-state index >= 15 is 0 Å². The van der Waals surface area contributed by atoms with Gasteiger partial charge in [0.05, 0.1) is 0 Å². The molecule has 1 nitrogen and oxygen atoms in total. The SMILES string of the molecule is CCC(CC)NCCc1ccccc1. The molecule has 1 aromatic rings. The second kappa shape index (κ2) is 6.61. The predicted molar refractivity (Wildman–Crippen MR) is 62.5 cm³/mol. The molecule has 1 heteroatoms. The van der Waals surface area contributed by atoms with Crippen LogP contribution in [-0.2, 0) is 6.42 Å². The first-order valence-corrected chi connectivity index (χ1v) is 5.64. The minimum absolute atomic E-state index is 0.693. The summed E-state index contributed by atoms with van der Waals surface area (Å²) >= 11 is 0. The average molecular weight is 191 g/mol. The lowest BCUT2D eigenvalue weighted by Crippen LogP contribution is -2.29. The molecule has 14 heavy (non-hydrogen) atoms. The van der Waals surface area contributed by atoms with E-state index in [4.69, 9.17) is 0 Å². The molecule has 78 valence electrons. The van der Waals surface area contributed by atoms with Gasteiger partial charge in [0.2, 0.25) is 0 Å². The van der Waals surface area contributed by atoms with E-state index in [0.29, 0.717) is 6.04 Å². The third-order valence-electron chi connectivity index (χ3n) is 2.68. The van der Waals surface area contributed by atoms with E-state index in [-0.39, 0.29) is 0 Å². The van der Waals surface area contributed by atoms with Crippen molar-refractivity contribution in [2.75, 3.05) is 6.54 Å². The van der Waals surface area contributed by atoms with Gasteiger partial charge in [-0.1, -0.05) is 44.2 Å². The lowest BCUT2D eigenvalue weighted by Gasteiger charge is -2.14. The summed E-state index contributed by atoms with van der Waals surface area (Å²) in [6.45, 7) is 5.57. The quantitative estimate of drug-likeness (QED) is 0.729. The monoisotopic (exact) mass is 191 g/mol. The summed E-state index contributed by atoms with van der Waals surface area (Å²) in [5.41, 5.74) is 1.42. The first-order chi connectivity index (χ1) is 6.86. The lowest BCUT2D eigenvalue weighted by atomic mass is 10.1. The van der Waals surface area contributed by atoms with Crippen molar-refractivity contribution in [3.63, 3.8) is 0 Å². The molecule has 1 aromatic carbocycles. The molecule has 0 heterocycles. The highest BCUT2D eigenvalue weighted by atomic mass is 14.9. The topological polar surface area (TPSA) is 12.0 Å². The molecule has 0 aliphatic heterocycles. The molecule has 0 atom stereocenters. The van der Waals surface area contributed by atoms with Crippen LogP contribution >= 0.6 is 0 Å². The summed E-state index contributed by atoms with van der Waals surface area (Å²) in [6, 6.07) is 11.3. The Labute approximate surface area is 87.5 Å². The molecule has 0 radical (unpaired) electrons. The molecule has 0 bridgehead atoms. The van der Waals surface area contributed by atoms with Gasteiger partial charge < -0.3 is 5.32 Å². The maximum Gasteiger partial charge on any atom is 0.00619 e. The fourth-order valence-corrected chi connectivity index (χ4v) is 1.64. The molecule has 0 spiro atoms. The minimum atomic E-state index is 0.693. The van der Waals surface area contributed by atoms with Crippen LogP contribution in [0.15, 0.2) is 30.3 Å². The molecule has 0 aliphatic carbocycles. The van der Waals surface area contributed by atoms with Crippen molar-refractivity contribution in [2.24, 2.45) is 0 Å². The molecule has 0 saturated heterocycles. The average Bonchev–Trinajstić information content (AvgIpc) is 2.26. The third kappa shape index (κ3) is 3.93. The Morgan fingerprint density at radius 3 is 2.29 bits per heavy atom. The largest absolute Gasteiger partial charge is 0.314 e. The van der Waals surface area contributed by atoms with Crippen molar-refractivity contribution in [1.82, 2.24) is 5.32 Å². The molecule has 0 unspecified atom stereocenters. The van der Waals surface area contributed by atoms with Crippen molar-refractivity contribution >= 4 is 0 Å². The number of hydrogen-bond acceptors (Lipinski definition) is 1. The summed E-state index contributed by atoms with van der Waals surface area (Å²) in [6.07, 6.45) is 3.59. The van der Waals surface area contributed by atoms with Gasteiger partial charge >= 0.3 is 0 Å². The second-order valence-corrected chi connectivity index (χ2v) is 3.70. The van der Waals surface area contributed by atoms with E-state index in [9.17, 15) is 0 Å². The zero-order valence-corrected chi connectivity index (χ0v) is 9.29. The van der Waals surface area contributed by atoms with Gasteiger partial charge in [0.25, 0.3) is 0 Å².